The van der Waals surface area contributed by atoms with Crippen molar-refractivity contribution in [3.63, 3.8) is 0 Å². The van der Waals surface area contributed by atoms with Crippen LogP contribution in [-0.2, 0) is 24.6 Å². The average molecular weight is 686 g/mol. The molecular formula is C33H38F2N5O7P. The number of fused-ring (bicyclic) bond motifs is 2. The fourth-order valence-corrected chi connectivity index (χ4v) is 7.72. The van der Waals surface area contributed by atoms with E-state index in [0.717, 1.165) is 30.5 Å². The monoisotopic (exact) mass is 685 g/mol. The van der Waals surface area contributed by atoms with Gasteiger partial charge in [0.25, 0.3) is 5.91 Å². The van der Waals surface area contributed by atoms with E-state index in [1.54, 1.807) is 4.90 Å². The lowest BCUT2D eigenvalue weighted by atomic mass is 9.90. The normalized spacial score (nSPS) is 23.9. The standard InChI is InChI=1S/C33H38F2N5O7P/c1-20(41)38-15-13-25-10-12-29(32(44)39-14-5-8-22(18-39)21-6-3-2-4-7-21)40(25)31(43)28(19-38)37-30(42)27-17-23-16-24(9-11-26(23)36-27)33(34,35)48(45,46)47/h2-4,6-7,9,11,16-17,22,25,28-29,36H,5,8,10,12-15,18-19H2,1H3,(H,37,42)(H2,45,46,47)/t22-,25-,28?,29+/m1/s1. The number of piperidine rings is 1. The number of nitrogens with zero attached hydrogens (tertiary/aromatic N) is 3. The second-order valence-electron chi connectivity index (χ2n) is 12.9. The van der Waals surface area contributed by atoms with Crippen LogP contribution < -0.4 is 5.32 Å². The average Bonchev–Trinajstić information content (AvgIpc) is 3.68. The Hall–Kier alpha value is -4.13. The van der Waals surface area contributed by atoms with Gasteiger partial charge in [-0.05, 0) is 55.9 Å². The number of rotatable bonds is 6. The molecule has 2 aromatic carbocycles. The van der Waals surface area contributed by atoms with Crippen molar-refractivity contribution >= 4 is 42.1 Å². The first-order valence-corrected chi connectivity index (χ1v) is 17.6. The van der Waals surface area contributed by atoms with Crippen molar-refractivity contribution in [1.29, 1.82) is 0 Å². The van der Waals surface area contributed by atoms with E-state index in [4.69, 9.17) is 9.79 Å². The van der Waals surface area contributed by atoms with Gasteiger partial charge in [-0.3, -0.25) is 23.7 Å². The van der Waals surface area contributed by atoms with Gasteiger partial charge >= 0.3 is 13.3 Å². The molecule has 1 unspecified atom stereocenters. The van der Waals surface area contributed by atoms with Crippen LogP contribution in [-0.4, -0.2) is 97.4 Å². The number of nitrogens with one attached hydrogen (secondary N) is 2. The summed E-state index contributed by atoms with van der Waals surface area (Å²) in [6, 6.07) is 12.0. The third kappa shape index (κ3) is 6.48. The molecule has 4 amide bonds. The number of alkyl halides is 2. The number of H-pyrrole nitrogens is 1. The molecule has 4 heterocycles. The Morgan fingerprint density at radius 2 is 1.71 bits per heavy atom. The lowest BCUT2D eigenvalue weighted by Gasteiger charge is -2.40. The molecule has 3 aliphatic heterocycles. The summed E-state index contributed by atoms with van der Waals surface area (Å²) < 4.78 is 40.1. The van der Waals surface area contributed by atoms with Crippen LogP contribution in [0.15, 0.2) is 54.6 Å². The molecule has 48 heavy (non-hydrogen) atoms. The molecule has 0 aliphatic carbocycles. The Labute approximate surface area is 275 Å². The Morgan fingerprint density at radius 1 is 0.958 bits per heavy atom. The predicted octanol–water partition coefficient (Wildman–Crippen LogP) is 3.51. The number of amides is 4. The van der Waals surface area contributed by atoms with E-state index in [9.17, 15) is 32.5 Å². The highest BCUT2D eigenvalue weighted by molar-refractivity contribution is 7.52. The minimum absolute atomic E-state index is 0.0863. The van der Waals surface area contributed by atoms with Crippen LogP contribution in [0.4, 0.5) is 8.78 Å². The fourth-order valence-electron chi connectivity index (χ4n) is 7.24. The summed E-state index contributed by atoms with van der Waals surface area (Å²) in [7, 11) is -5.81. The minimum Gasteiger partial charge on any atom is -0.351 e. The van der Waals surface area contributed by atoms with Crippen LogP contribution >= 0.6 is 7.60 Å². The van der Waals surface area contributed by atoms with Crippen molar-refractivity contribution in [1.82, 2.24) is 25.0 Å². The molecule has 0 radical (unpaired) electrons. The van der Waals surface area contributed by atoms with Crippen molar-refractivity contribution in [2.75, 3.05) is 26.2 Å². The number of benzene rings is 2. The molecule has 12 nitrogen and oxygen atoms in total. The van der Waals surface area contributed by atoms with Gasteiger partial charge in [0, 0.05) is 61.5 Å². The predicted molar refractivity (Wildman–Crippen MR) is 171 cm³/mol. The van der Waals surface area contributed by atoms with Crippen LogP contribution in [0.3, 0.4) is 0 Å². The van der Waals surface area contributed by atoms with Crippen molar-refractivity contribution in [3.05, 3.63) is 71.4 Å². The summed E-state index contributed by atoms with van der Waals surface area (Å²) in [5.74, 6) is -1.44. The number of likely N-dealkylation sites (tertiary alicyclic amines) is 1. The summed E-state index contributed by atoms with van der Waals surface area (Å²) in [6.07, 6.45) is 3.33. The zero-order chi connectivity index (χ0) is 34.4. The Bertz CT molecular complexity index is 1780. The molecule has 4 atom stereocenters. The van der Waals surface area contributed by atoms with Crippen molar-refractivity contribution in [2.24, 2.45) is 0 Å². The first kappa shape index (κ1) is 33.8. The highest BCUT2D eigenvalue weighted by Gasteiger charge is 2.50. The largest absolute Gasteiger partial charge is 0.399 e. The van der Waals surface area contributed by atoms with Crippen LogP contribution in [0.5, 0.6) is 0 Å². The van der Waals surface area contributed by atoms with E-state index in [0.29, 0.717) is 38.9 Å². The Balaban J connectivity index is 1.23. The SMILES string of the molecule is CC(=O)N1CC[C@H]2CC[C@@H](C(=O)N3CCC[C@@H](c4ccccc4)C3)N2C(=O)C(NC(=O)c2cc3cc(C(F)(F)P(=O)(O)O)ccc3[nH]2)C1. The summed E-state index contributed by atoms with van der Waals surface area (Å²) in [5, 5.41) is 2.79. The minimum atomic E-state index is -5.81. The molecule has 3 saturated heterocycles. The molecule has 0 bridgehead atoms. The van der Waals surface area contributed by atoms with Gasteiger partial charge in [-0.15, -0.1) is 0 Å². The van der Waals surface area contributed by atoms with E-state index in [-0.39, 0.29) is 46.9 Å². The van der Waals surface area contributed by atoms with Gasteiger partial charge in [0.05, 0.1) is 0 Å². The van der Waals surface area contributed by atoms with Crippen LogP contribution in [0.1, 0.15) is 66.6 Å². The van der Waals surface area contributed by atoms with Gasteiger partial charge in [-0.25, -0.2) is 0 Å². The van der Waals surface area contributed by atoms with E-state index in [2.05, 4.69) is 22.4 Å². The summed E-state index contributed by atoms with van der Waals surface area (Å²) in [5.41, 5.74) is -4.02. The molecule has 3 aliphatic rings. The summed E-state index contributed by atoms with van der Waals surface area (Å²) >= 11 is 0. The molecule has 6 rings (SSSR count). The van der Waals surface area contributed by atoms with Gasteiger partial charge in [0.1, 0.15) is 17.8 Å². The topological polar surface area (TPSA) is 163 Å². The molecule has 256 valence electrons. The highest BCUT2D eigenvalue weighted by atomic mass is 31.2. The molecule has 3 fully saturated rings. The number of hydrogen-bond acceptors (Lipinski definition) is 5. The van der Waals surface area contributed by atoms with Crippen molar-refractivity contribution in [2.45, 2.75) is 68.7 Å². The second-order valence-corrected chi connectivity index (χ2v) is 14.5. The summed E-state index contributed by atoms with van der Waals surface area (Å²) in [6.45, 7) is 2.73. The van der Waals surface area contributed by atoms with Gasteiger partial charge in [-0.1, -0.05) is 36.4 Å². The molecule has 15 heteroatoms. The Kier molecular flexibility index (Phi) is 9.18. The van der Waals surface area contributed by atoms with Crippen LogP contribution in [0.25, 0.3) is 10.9 Å². The lowest BCUT2D eigenvalue weighted by molar-refractivity contribution is -0.149. The number of halogens is 2. The molecule has 0 saturated carbocycles. The van der Waals surface area contributed by atoms with Crippen LogP contribution in [0, 0.1) is 0 Å². The zero-order valence-corrected chi connectivity index (χ0v) is 27.2. The second kappa shape index (κ2) is 13.1. The fraction of sp³-hybridized carbons (Fsp3) is 0.455. The van der Waals surface area contributed by atoms with E-state index in [1.807, 2.05) is 23.1 Å². The maximum Gasteiger partial charge on any atom is 0.399 e. The maximum atomic E-state index is 14.3. The van der Waals surface area contributed by atoms with Crippen molar-refractivity contribution < 1.29 is 42.3 Å². The molecule has 0 spiro atoms. The quantitative estimate of drug-likeness (QED) is 0.289. The number of aromatic amines is 1. The van der Waals surface area contributed by atoms with Gasteiger partial charge in [0.15, 0.2) is 0 Å². The number of hydrogen-bond donors (Lipinski definition) is 4. The van der Waals surface area contributed by atoms with E-state index in [1.165, 1.54) is 24.0 Å². The number of carbonyl (C=O) groups is 4. The molecule has 1 aromatic heterocycles. The van der Waals surface area contributed by atoms with Gasteiger partial charge in [-0.2, -0.15) is 8.78 Å². The van der Waals surface area contributed by atoms with E-state index >= 15 is 0 Å². The molecular weight excluding hydrogens is 647 g/mol. The third-order valence-electron chi connectivity index (χ3n) is 9.81. The highest BCUT2D eigenvalue weighted by Crippen LogP contribution is 2.59. The molecule has 3 aromatic rings. The third-order valence-corrected chi connectivity index (χ3v) is 10.8. The first-order valence-electron chi connectivity index (χ1n) is 16.0. The smallest absolute Gasteiger partial charge is 0.351 e. The van der Waals surface area contributed by atoms with Gasteiger partial charge < -0.3 is 34.8 Å². The van der Waals surface area contributed by atoms with E-state index < -0.39 is 42.7 Å². The first-order chi connectivity index (χ1) is 22.7. The molecule has 4 N–H and O–H groups in total. The van der Waals surface area contributed by atoms with Crippen molar-refractivity contribution in [3.8, 4) is 0 Å². The zero-order valence-electron chi connectivity index (χ0n) is 26.3. The lowest BCUT2D eigenvalue weighted by Crippen LogP contribution is -2.61. The Morgan fingerprint density at radius 3 is 2.42 bits per heavy atom. The van der Waals surface area contributed by atoms with Gasteiger partial charge in [0.2, 0.25) is 17.7 Å². The number of aromatic nitrogens is 1. The number of carbonyl (C=O) groups excluding carboxylic acids is 4. The maximum absolute atomic E-state index is 14.3. The van der Waals surface area contributed by atoms with Crippen LogP contribution in [0.2, 0.25) is 0 Å². The summed E-state index contributed by atoms with van der Waals surface area (Å²) in [4.78, 5) is 80.3.